The maximum Gasteiger partial charge on any atom is 0.286 e. The van der Waals surface area contributed by atoms with Crippen molar-refractivity contribution in [3.63, 3.8) is 0 Å². The number of hydrogen-bond donors (Lipinski definition) is 2. The van der Waals surface area contributed by atoms with Gasteiger partial charge in [-0.15, -0.1) is 10.2 Å². The van der Waals surface area contributed by atoms with Gasteiger partial charge in [-0.25, -0.2) is 0 Å². The van der Waals surface area contributed by atoms with Gasteiger partial charge in [-0.05, 0) is 24.1 Å². The number of benzene rings is 1. The van der Waals surface area contributed by atoms with Crippen LogP contribution in [0.2, 0.25) is 0 Å². The fourth-order valence-electron chi connectivity index (χ4n) is 1.38. The summed E-state index contributed by atoms with van der Waals surface area (Å²) in [5.41, 5.74) is 7.34. The number of carbonyl (C=O) groups excluding carboxylic acids is 1. The number of aryl methyl sites for hydroxylation is 1. The van der Waals surface area contributed by atoms with Gasteiger partial charge in [0.2, 0.25) is 10.1 Å². The van der Waals surface area contributed by atoms with Crippen molar-refractivity contribution in [3.8, 4) is 0 Å². The first-order chi connectivity index (χ1) is 8.19. The Morgan fingerprint density at radius 2 is 2.29 bits per heavy atom. The average molecular weight is 248 g/mol. The first-order valence-electron chi connectivity index (χ1n) is 5.18. The van der Waals surface area contributed by atoms with Crippen molar-refractivity contribution in [1.29, 1.82) is 0 Å². The van der Waals surface area contributed by atoms with Gasteiger partial charge in [0.25, 0.3) is 5.91 Å². The highest BCUT2D eigenvalue weighted by Crippen LogP contribution is 2.15. The quantitative estimate of drug-likeness (QED) is 0.869. The highest BCUT2D eigenvalue weighted by atomic mass is 32.1. The fraction of sp³-hybridized carbons (Fsp3) is 0.182. The molecule has 0 spiro atoms. The zero-order valence-electron chi connectivity index (χ0n) is 9.30. The number of nitrogen functional groups attached to an aromatic ring is 1. The van der Waals surface area contributed by atoms with Gasteiger partial charge in [0.15, 0.2) is 0 Å². The van der Waals surface area contributed by atoms with Crippen molar-refractivity contribution in [2.24, 2.45) is 0 Å². The predicted molar refractivity (Wildman–Crippen MR) is 68.1 cm³/mol. The molecule has 0 aliphatic rings. The number of aromatic nitrogens is 2. The van der Waals surface area contributed by atoms with Gasteiger partial charge < -0.3 is 11.1 Å². The number of anilines is 2. The molecule has 3 N–H and O–H groups in total. The van der Waals surface area contributed by atoms with Gasteiger partial charge >= 0.3 is 0 Å². The average Bonchev–Trinajstić information content (AvgIpc) is 2.76. The standard InChI is InChI=1S/C11H12N4OS/c1-2-7-4-3-5-8(6-7)13-9(16)10-14-15-11(12)17-10/h3-6H,2H2,1H3,(H2,12,15)(H,13,16). The lowest BCUT2D eigenvalue weighted by molar-refractivity contribution is 0.102. The summed E-state index contributed by atoms with van der Waals surface area (Å²) in [5, 5.41) is 10.6. The molecule has 0 fully saturated rings. The monoisotopic (exact) mass is 248 g/mol. The Bertz CT molecular complexity index is 538. The van der Waals surface area contributed by atoms with E-state index in [-0.39, 0.29) is 16.0 Å². The Hall–Kier alpha value is -1.95. The highest BCUT2D eigenvalue weighted by molar-refractivity contribution is 7.16. The van der Waals surface area contributed by atoms with E-state index in [9.17, 15) is 4.79 Å². The fourth-order valence-corrected chi connectivity index (χ4v) is 1.89. The van der Waals surface area contributed by atoms with E-state index in [1.807, 2.05) is 24.3 Å². The minimum atomic E-state index is -0.285. The van der Waals surface area contributed by atoms with Crippen LogP contribution in [-0.4, -0.2) is 16.1 Å². The molecule has 1 heterocycles. The summed E-state index contributed by atoms with van der Waals surface area (Å²) in [6.07, 6.45) is 0.926. The van der Waals surface area contributed by atoms with E-state index in [2.05, 4.69) is 22.4 Å². The summed E-state index contributed by atoms with van der Waals surface area (Å²) in [5.74, 6) is -0.285. The van der Waals surface area contributed by atoms with Crippen LogP contribution in [0.5, 0.6) is 0 Å². The van der Waals surface area contributed by atoms with Crippen LogP contribution in [0.4, 0.5) is 10.8 Å². The lowest BCUT2D eigenvalue weighted by Crippen LogP contribution is -2.11. The maximum atomic E-state index is 11.8. The number of carbonyl (C=O) groups is 1. The molecule has 0 unspecified atom stereocenters. The number of nitrogens with one attached hydrogen (secondary N) is 1. The number of nitrogens with two attached hydrogens (primary N) is 1. The van der Waals surface area contributed by atoms with Crippen molar-refractivity contribution >= 4 is 28.1 Å². The molecule has 0 atom stereocenters. The van der Waals surface area contributed by atoms with Crippen LogP contribution >= 0.6 is 11.3 Å². The van der Waals surface area contributed by atoms with Crippen molar-refractivity contribution in [3.05, 3.63) is 34.8 Å². The maximum absolute atomic E-state index is 11.8. The summed E-state index contributed by atoms with van der Waals surface area (Å²) in [7, 11) is 0. The second-order valence-corrected chi connectivity index (χ2v) is 4.46. The molecule has 17 heavy (non-hydrogen) atoms. The predicted octanol–water partition coefficient (Wildman–Crippen LogP) is 1.93. The zero-order chi connectivity index (χ0) is 12.3. The number of rotatable bonds is 3. The molecule has 6 heteroatoms. The van der Waals surface area contributed by atoms with E-state index >= 15 is 0 Å². The molecule has 0 saturated carbocycles. The van der Waals surface area contributed by atoms with Crippen LogP contribution < -0.4 is 11.1 Å². The van der Waals surface area contributed by atoms with E-state index in [4.69, 9.17) is 5.73 Å². The number of nitrogens with zero attached hydrogens (tertiary/aromatic N) is 2. The second-order valence-electron chi connectivity index (χ2n) is 3.45. The molecule has 0 aliphatic carbocycles. The lowest BCUT2D eigenvalue weighted by atomic mass is 10.1. The SMILES string of the molecule is CCc1cccc(NC(=O)c2nnc(N)s2)c1. The van der Waals surface area contributed by atoms with Crippen molar-refractivity contribution in [1.82, 2.24) is 10.2 Å². The Balaban J connectivity index is 2.12. The van der Waals surface area contributed by atoms with E-state index in [0.29, 0.717) is 0 Å². The minimum absolute atomic E-state index is 0.268. The third kappa shape index (κ3) is 2.79. The molecule has 5 nitrogen and oxygen atoms in total. The Morgan fingerprint density at radius 1 is 1.47 bits per heavy atom. The van der Waals surface area contributed by atoms with E-state index in [0.717, 1.165) is 23.4 Å². The van der Waals surface area contributed by atoms with Gasteiger partial charge in [-0.2, -0.15) is 0 Å². The Morgan fingerprint density at radius 3 is 2.94 bits per heavy atom. The molecule has 1 aromatic carbocycles. The van der Waals surface area contributed by atoms with Crippen molar-refractivity contribution in [2.75, 3.05) is 11.1 Å². The van der Waals surface area contributed by atoms with Gasteiger partial charge in [-0.1, -0.05) is 30.4 Å². The lowest BCUT2D eigenvalue weighted by Gasteiger charge is -2.04. The van der Waals surface area contributed by atoms with Gasteiger partial charge in [0.05, 0.1) is 0 Å². The van der Waals surface area contributed by atoms with Gasteiger partial charge in [-0.3, -0.25) is 4.79 Å². The van der Waals surface area contributed by atoms with Crippen molar-refractivity contribution < 1.29 is 4.79 Å². The summed E-state index contributed by atoms with van der Waals surface area (Å²) >= 11 is 1.07. The first-order valence-corrected chi connectivity index (χ1v) is 6.00. The van der Waals surface area contributed by atoms with Gasteiger partial charge in [0, 0.05) is 5.69 Å². The topological polar surface area (TPSA) is 80.9 Å². The minimum Gasteiger partial charge on any atom is -0.374 e. The van der Waals surface area contributed by atoms with E-state index in [1.165, 1.54) is 5.56 Å². The normalized spacial score (nSPS) is 10.2. The Labute approximate surface area is 103 Å². The third-order valence-electron chi connectivity index (χ3n) is 2.23. The largest absolute Gasteiger partial charge is 0.374 e. The number of amides is 1. The third-order valence-corrected chi connectivity index (χ3v) is 2.98. The molecule has 0 saturated heterocycles. The molecule has 1 aromatic heterocycles. The van der Waals surface area contributed by atoms with Crippen LogP contribution in [0.3, 0.4) is 0 Å². The van der Waals surface area contributed by atoms with E-state index < -0.39 is 0 Å². The zero-order valence-corrected chi connectivity index (χ0v) is 10.1. The summed E-state index contributed by atoms with van der Waals surface area (Å²) in [6.45, 7) is 2.06. The van der Waals surface area contributed by atoms with Crippen LogP contribution in [0.15, 0.2) is 24.3 Å². The molecule has 2 aromatic rings. The second kappa shape index (κ2) is 4.92. The van der Waals surface area contributed by atoms with Crippen LogP contribution in [0.1, 0.15) is 22.3 Å². The van der Waals surface area contributed by atoms with Crippen molar-refractivity contribution in [2.45, 2.75) is 13.3 Å². The molecule has 0 aliphatic heterocycles. The van der Waals surface area contributed by atoms with Crippen LogP contribution in [-0.2, 0) is 6.42 Å². The summed E-state index contributed by atoms with van der Waals surface area (Å²) < 4.78 is 0. The Kier molecular flexibility index (Phi) is 3.34. The first kappa shape index (κ1) is 11.5. The highest BCUT2D eigenvalue weighted by Gasteiger charge is 2.11. The molecule has 88 valence electrons. The van der Waals surface area contributed by atoms with Crippen LogP contribution in [0.25, 0.3) is 0 Å². The molecule has 0 bridgehead atoms. The molecular formula is C11H12N4OS. The molecule has 0 radical (unpaired) electrons. The molecule has 2 rings (SSSR count). The van der Waals surface area contributed by atoms with Crippen LogP contribution in [0, 0.1) is 0 Å². The molecule has 1 amide bonds. The number of hydrogen-bond acceptors (Lipinski definition) is 5. The summed E-state index contributed by atoms with van der Waals surface area (Å²) in [6, 6.07) is 7.69. The van der Waals surface area contributed by atoms with E-state index in [1.54, 1.807) is 0 Å². The summed E-state index contributed by atoms with van der Waals surface area (Å²) in [4.78, 5) is 11.8. The smallest absolute Gasteiger partial charge is 0.286 e. The van der Waals surface area contributed by atoms with Gasteiger partial charge in [0.1, 0.15) is 0 Å². The molecular weight excluding hydrogens is 236 g/mol.